The predicted molar refractivity (Wildman–Crippen MR) is 78.9 cm³/mol. The first-order chi connectivity index (χ1) is 8.58. The molecule has 0 aromatic carbocycles. The Labute approximate surface area is 114 Å². The van der Waals surface area contributed by atoms with E-state index >= 15 is 0 Å². The Bertz CT molecular complexity index is 213. The summed E-state index contributed by atoms with van der Waals surface area (Å²) in [6.07, 6.45) is 8.51. The van der Waals surface area contributed by atoms with E-state index in [1.807, 2.05) is 0 Å². The number of piperidine rings is 1. The van der Waals surface area contributed by atoms with Gasteiger partial charge in [0.05, 0.1) is 0 Å². The van der Waals surface area contributed by atoms with E-state index in [1.165, 1.54) is 51.6 Å². The summed E-state index contributed by atoms with van der Waals surface area (Å²) in [5.74, 6) is 0.966. The van der Waals surface area contributed by atoms with Crippen molar-refractivity contribution in [3.63, 3.8) is 0 Å². The van der Waals surface area contributed by atoms with Crippen molar-refractivity contribution in [2.45, 2.75) is 77.4 Å². The molecule has 106 valence electrons. The molecule has 1 saturated heterocycles. The number of hydrogen-bond donors (Lipinski definition) is 0. The second-order valence-electron chi connectivity index (χ2n) is 6.99. The molecule has 1 heterocycles. The maximum absolute atomic E-state index is 2.87. The third-order valence-corrected chi connectivity index (χ3v) is 5.11. The maximum atomic E-state index is 2.87. The molecule has 0 radical (unpaired) electrons. The highest BCUT2D eigenvalue weighted by Crippen LogP contribution is 2.31. The van der Waals surface area contributed by atoms with Gasteiger partial charge in [0.1, 0.15) is 0 Å². The van der Waals surface area contributed by atoms with Crippen molar-refractivity contribution in [2.24, 2.45) is 5.92 Å². The van der Waals surface area contributed by atoms with Gasteiger partial charge in [-0.1, -0.05) is 6.92 Å². The molecule has 0 aromatic heterocycles. The second-order valence-corrected chi connectivity index (χ2v) is 6.99. The van der Waals surface area contributed by atoms with Gasteiger partial charge in [0.15, 0.2) is 0 Å². The van der Waals surface area contributed by atoms with Crippen molar-refractivity contribution >= 4 is 0 Å². The number of likely N-dealkylation sites (tertiary alicyclic amines) is 1. The van der Waals surface area contributed by atoms with Crippen molar-refractivity contribution in [1.29, 1.82) is 0 Å². The average Bonchev–Trinajstić information content (AvgIpc) is 2.34. The third kappa shape index (κ3) is 3.48. The van der Waals surface area contributed by atoms with E-state index < -0.39 is 0 Å². The van der Waals surface area contributed by atoms with Crippen LogP contribution in [0.4, 0.5) is 0 Å². The van der Waals surface area contributed by atoms with Gasteiger partial charge in [-0.15, -0.1) is 0 Å². The lowest BCUT2D eigenvalue weighted by molar-refractivity contribution is 0.0317. The van der Waals surface area contributed by atoms with E-state index in [2.05, 4.69) is 37.6 Å². The van der Waals surface area contributed by atoms with Crippen LogP contribution < -0.4 is 0 Å². The third-order valence-electron chi connectivity index (χ3n) is 5.11. The van der Waals surface area contributed by atoms with Gasteiger partial charge in [-0.3, -0.25) is 4.90 Å². The molecular formula is C16H32N2. The molecule has 1 saturated carbocycles. The van der Waals surface area contributed by atoms with Crippen LogP contribution in [0.15, 0.2) is 0 Å². The Hall–Kier alpha value is -0.0800. The summed E-state index contributed by atoms with van der Waals surface area (Å²) in [6.45, 7) is 9.80. The van der Waals surface area contributed by atoms with E-state index in [0.29, 0.717) is 0 Å². The van der Waals surface area contributed by atoms with Crippen LogP contribution in [-0.2, 0) is 0 Å². The summed E-state index contributed by atoms with van der Waals surface area (Å²) in [5, 5.41) is 0. The second kappa shape index (κ2) is 6.38. The molecule has 0 bridgehead atoms. The highest BCUT2D eigenvalue weighted by molar-refractivity contribution is 4.87. The smallest absolute Gasteiger partial charge is 0.0125 e. The van der Waals surface area contributed by atoms with E-state index in [4.69, 9.17) is 0 Å². The molecule has 2 heteroatoms. The van der Waals surface area contributed by atoms with Gasteiger partial charge in [0, 0.05) is 18.1 Å². The van der Waals surface area contributed by atoms with Crippen LogP contribution in [0, 0.1) is 5.92 Å². The minimum atomic E-state index is 0.719. The van der Waals surface area contributed by atoms with Gasteiger partial charge in [-0.2, -0.15) is 0 Å². The van der Waals surface area contributed by atoms with Gasteiger partial charge in [-0.25, -0.2) is 0 Å². The fourth-order valence-electron chi connectivity index (χ4n) is 3.98. The molecular weight excluding hydrogens is 220 g/mol. The van der Waals surface area contributed by atoms with Crippen LogP contribution in [0.1, 0.15) is 59.3 Å². The first kappa shape index (κ1) is 14.3. The molecule has 0 aromatic rings. The van der Waals surface area contributed by atoms with E-state index in [0.717, 1.165) is 24.0 Å². The van der Waals surface area contributed by atoms with E-state index in [1.54, 1.807) is 0 Å². The molecule has 2 nitrogen and oxygen atoms in total. The summed E-state index contributed by atoms with van der Waals surface area (Å²) >= 11 is 0. The molecule has 2 fully saturated rings. The molecule has 0 unspecified atom stereocenters. The molecule has 18 heavy (non-hydrogen) atoms. The summed E-state index contributed by atoms with van der Waals surface area (Å²) in [4.78, 5) is 5.36. The zero-order valence-electron chi connectivity index (χ0n) is 12.9. The minimum absolute atomic E-state index is 0.719. The quantitative estimate of drug-likeness (QED) is 0.760. The molecule has 0 spiro atoms. The van der Waals surface area contributed by atoms with E-state index in [9.17, 15) is 0 Å². The lowest BCUT2D eigenvalue weighted by Gasteiger charge is -2.46. The fourth-order valence-corrected chi connectivity index (χ4v) is 3.98. The summed E-state index contributed by atoms with van der Waals surface area (Å²) in [6, 6.07) is 2.44. The molecule has 0 atom stereocenters. The fraction of sp³-hybridized carbons (Fsp3) is 1.00. The Morgan fingerprint density at radius 2 is 1.39 bits per heavy atom. The SMILES string of the molecule is CC1CCC(N(C(C)C)C2CCN(C)CC2)CC1. The van der Waals surface area contributed by atoms with Crippen molar-refractivity contribution in [3.8, 4) is 0 Å². The zero-order chi connectivity index (χ0) is 13.1. The van der Waals surface area contributed by atoms with Crippen LogP contribution in [-0.4, -0.2) is 48.1 Å². The molecule has 2 aliphatic rings. The molecule has 0 amide bonds. The van der Waals surface area contributed by atoms with Crippen LogP contribution in [0.3, 0.4) is 0 Å². The van der Waals surface area contributed by atoms with Crippen LogP contribution in [0.25, 0.3) is 0 Å². The standard InChI is InChI=1S/C16H32N2/c1-13(2)18(15-7-5-14(3)6-8-15)16-9-11-17(4)12-10-16/h13-16H,5-12H2,1-4H3. The highest BCUT2D eigenvalue weighted by atomic mass is 15.2. The maximum Gasteiger partial charge on any atom is 0.0125 e. The lowest BCUT2D eigenvalue weighted by Crippen LogP contribution is -2.52. The first-order valence-corrected chi connectivity index (χ1v) is 8.04. The summed E-state index contributed by atoms with van der Waals surface area (Å²) in [5.41, 5.74) is 0. The Morgan fingerprint density at radius 3 is 1.89 bits per heavy atom. The van der Waals surface area contributed by atoms with Gasteiger partial charge in [-0.05, 0) is 78.4 Å². The molecule has 1 aliphatic heterocycles. The average molecular weight is 252 g/mol. The highest BCUT2D eigenvalue weighted by Gasteiger charge is 2.32. The van der Waals surface area contributed by atoms with Gasteiger partial charge >= 0.3 is 0 Å². The van der Waals surface area contributed by atoms with Crippen molar-refractivity contribution in [2.75, 3.05) is 20.1 Å². The summed E-state index contributed by atoms with van der Waals surface area (Å²) < 4.78 is 0. The van der Waals surface area contributed by atoms with Gasteiger partial charge in [0.25, 0.3) is 0 Å². The van der Waals surface area contributed by atoms with Crippen LogP contribution >= 0.6 is 0 Å². The zero-order valence-corrected chi connectivity index (χ0v) is 12.9. The lowest BCUT2D eigenvalue weighted by atomic mass is 9.84. The Morgan fingerprint density at radius 1 is 0.889 bits per heavy atom. The molecule has 1 aliphatic carbocycles. The monoisotopic (exact) mass is 252 g/mol. The topological polar surface area (TPSA) is 6.48 Å². The largest absolute Gasteiger partial charge is 0.306 e. The van der Waals surface area contributed by atoms with Gasteiger partial charge in [0.2, 0.25) is 0 Å². The van der Waals surface area contributed by atoms with Crippen LogP contribution in [0.5, 0.6) is 0 Å². The Balaban J connectivity index is 1.95. The number of hydrogen-bond acceptors (Lipinski definition) is 2. The Kier molecular flexibility index (Phi) is 5.08. The first-order valence-electron chi connectivity index (χ1n) is 8.04. The number of rotatable bonds is 3. The minimum Gasteiger partial charge on any atom is -0.306 e. The predicted octanol–water partition coefficient (Wildman–Crippen LogP) is 3.37. The summed E-state index contributed by atoms with van der Waals surface area (Å²) in [7, 11) is 2.26. The van der Waals surface area contributed by atoms with Crippen molar-refractivity contribution in [1.82, 2.24) is 9.80 Å². The number of nitrogens with zero attached hydrogens (tertiary/aromatic N) is 2. The van der Waals surface area contributed by atoms with Crippen LogP contribution in [0.2, 0.25) is 0 Å². The van der Waals surface area contributed by atoms with Crippen molar-refractivity contribution < 1.29 is 0 Å². The van der Waals surface area contributed by atoms with E-state index in [-0.39, 0.29) is 0 Å². The normalized spacial score (nSPS) is 32.3. The molecule has 2 rings (SSSR count). The van der Waals surface area contributed by atoms with Crippen molar-refractivity contribution in [3.05, 3.63) is 0 Å². The van der Waals surface area contributed by atoms with Gasteiger partial charge < -0.3 is 4.90 Å². The molecule has 0 N–H and O–H groups in total.